The first-order valence-corrected chi connectivity index (χ1v) is 12.1. The topological polar surface area (TPSA) is 215 Å². The highest BCUT2D eigenvalue weighted by atomic mass is 32.1. The lowest BCUT2D eigenvalue weighted by atomic mass is 10.0. The number of hydrogen-bond acceptors (Lipinski definition) is 13. The van der Waals surface area contributed by atoms with Crippen molar-refractivity contribution in [1.82, 2.24) is 4.90 Å². The molecule has 0 aliphatic rings. The third-order valence-corrected chi connectivity index (χ3v) is 5.78. The van der Waals surface area contributed by atoms with E-state index in [2.05, 4.69) is 12.6 Å². The quantitative estimate of drug-likeness (QED) is 0.0674. The van der Waals surface area contributed by atoms with Crippen LogP contribution in [0.3, 0.4) is 0 Å². The van der Waals surface area contributed by atoms with Crippen molar-refractivity contribution in [3.63, 3.8) is 0 Å². The van der Waals surface area contributed by atoms with Crippen LogP contribution in [-0.4, -0.2) is 138 Å². The molecule has 10 N–H and O–H groups in total. The molecule has 1 aromatic carbocycles. The predicted octanol–water partition coefficient (Wildman–Crippen LogP) is -2.86. The molecule has 0 unspecified atom stereocenters. The van der Waals surface area contributed by atoms with Gasteiger partial charge in [0, 0.05) is 31.8 Å². The first kappa shape index (κ1) is 32.5. The van der Waals surface area contributed by atoms with Gasteiger partial charge in [-0.25, -0.2) is 0 Å². The van der Waals surface area contributed by atoms with Gasteiger partial charge in [-0.2, -0.15) is 12.6 Å². The van der Waals surface area contributed by atoms with Crippen LogP contribution in [0.1, 0.15) is 12.0 Å². The van der Waals surface area contributed by atoms with Crippen LogP contribution in [0.5, 0.6) is 5.75 Å². The smallest absolute Gasteiger partial charge is 0.133 e. The highest BCUT2D eigenvalue weighted by Crippen LogP contribution is 2.15. The fraction of sp³-hybridized carbons (Fsp3) is 0.652. The Bertz CT molecular complexity index is 771. The van der Waals surface area contributed by atoms with Crippen LogP contribution in [0.15, 0.2) is 36.1 Å². The number of thiol groups is 1. The fourth-order valence-electron chi connectivity index (χ4n) is 3.27. The molecule has 0 saturated heterocycles. The van der Waals surface area contributed by atoms with E-state index in [4.69, 9.17) is 14.9 Å². The van der Waals surface area contributed by atoms with Gasteiger partial charge >= 0.3 is 0 Å². The van der Waals surface area contributed by atoms with Crippen molar-refractivity contribution in [3.8, 4) is 5.75 Å². The number of hydrogen-bond donors (Lipinski definition) is 11. The maximum Gasteiger partial charge on any atom is 0.133 e. The van der Waals surface area contributed by atoms with E-state index >= 15 is 0 Å². The van der Waals surface area contributed by atoms with Crippen LogP contribution < -0.4 is 4.74 Å². The van der Waals surface area contributed by atoms with Crippen molar-refractivity contribution in [1.29, 1.82) is 0 Å². The third-order valence-electron chi connectivity index (χ3n) is 5.41. The number of aliphatic hydroxyl groups is 10. The van der Waals surface area contributed by atoms with Gasteiger partial charge in [-0.1, -0.05) is 12.1 Å². The molecule has 0 aliphatic heterocycles. The molecular formula is C23H39NO11S. The second-order valence-electron chi connectivity index (χ2n) is 8.46. The Kier molecular flexibility index (Phi) is 15.5. The summed E-state index contributed by atoms with van der Waals surface area (Å²) >= 11 is 4.21. The lowest BCUT2D eigenvalue weighted by Gasteiger charge is -2.31. The first-order chi connectivity index (χ1) is 17.0. The maximum atomic E-state index is 10.4. The Morgan fingerprint density at radius 2 is 1.61 bits per heavy atom. The second kappa shape index (κ2) is 17.1. The molecule has 0 fully saturated rings. The zero-order valence-corrected chi connectivity index (χ0v) is 20.8. The lowest BCUT2D eigenvalue weighted by Crippen LogP contribution is -2.49. The average Bonchev–Trinajstić information content (AvgIpc) is 2.87. The zero-order chi connectivity index (χ0) is 27.3. The summed E-state index contributed by atoms with van der Waals surface area (Å²) in [6.45, 7) is -1.81. The number of rotatable bonds is 18. The van der Waals surface area contributed by atoms with Gasteiger partial charge in [0.2, 0.25) is 0 Å². The molecule has 208 valence electrons. The molecule has 0 amide bonds. The van der Waals surface area contributed by atoms with E-state index in [1.807, 2.05) is 6.07 Å². The highest BCUT2D eigenvalue weighted by Gasteiger charge is 2.29. The Balaban J connectivity index is 2.87. The van der Waals surface area contributed by atoms with Crippen LogP contribution >= 0.6 is 12.6 Å². The van der Waals surface area contributed by atoms with Gasteiger partial charge < -0.3 is 55.8 Å². The van der Waals surface area contributed by atoms with Crippen LogP contribution in [0.4, 0.5) is 0 Å². The van der Waals surface area contributed by atoms with Crippen LogP contribution in [0.2, 0.25) is 0 Å². The van der Waals surface area contributed by atoms with E-state index in [1.54, 1.807) is 18.2 Å². The molecule has 1 rings (SSSR count). The molecule has 7 atom stereocenters. The van der Waals surface area contributed by atoms with Gasteiger partial charge in [-0.05, 0) is 23.8 Å². The molecule has 0 spiro atoms. The van der Waals surface area contributed by atoms with Crippen LogP contribution in [0, 0.1) is 0 Å². The summed E-state index contributed by atoms with van der Waals surface area (Å²) in [5.74, 6) is 0.335. The Labute approximate surface area is 215 Å². The van der Waals surface area contributed by atoms with Gasteiger partial charge in [0.15, 0.2) is 0 Å². The molecule has 12 nitrogen and oxygen atoms in total. The number of ether oxygens (including phenoxy) is 1. The van der Waals surface area contributed by atoms with Crippen molar-refractivity contribution in [2.24, 2.45) is 0 Å². The third kappa shape index (κ3) is 11.7. The average molecular weight is 538 g/mol. The summed E-state index contributed by atoms with van der Waals surface area (Å²) in [4.78, 5) is 1.44. The molecule has 0 aromatic heterocycles. The summed E-state index contributed by atoms with van der Waals surface area (Å²) in [6.07, 6.45) is -10.4. The standard InChI is InChI=1S/C23H39NO11S/c25-11-15(27)7-19(30)23(34)21(32)10-24(4-5-35-16-3-1-2-14(6-16)13-36)9-20(31)17(28)8-18(29)22(33)12-26/h1-3,6,8,15,17,19-23,25-34,36H,4-5,7,9-13H2/t15-,17-,19+,20+,21+,22+,23-/m0/s1. The van der Waals surface area contributed by atoms with Crippen molar-refractivity contribution in [3.05, 3.63) is 41.7 Å². The van der Waals surface area contributed by atoms with Gasteiger partial charge in [0.1, 0.15) is 36.4 Å². The molecule has 0 aliphatic carbocycles. The van der Waals surface area contributed by atoms with Crippen molar-refractivity contribution < 1.29 is 55.8 Å². The van der Waals surface area contributed by atoms with E-state index in [1.165, 1.54) is 4.90 Å². The Morgan fingerprint density at radius 3 is 2.22 bits per heavy atom. The highest BCUT2D eigenvalue weighted by molar-refractivity contribution is 7.79. The van der Waals surface area contributed by atoms with E-state index in [9.17, 15) is 40.9 Å². The molecule has 0 radical (unpaired) electrons. The summed E-state index contributed by atoms with van der Waals surface area (Å²) in [5, 5.41) is 97.5. The monoisotopic (exact) mass is 537 g/mol. The predicted molar refractivity (Wildman–Crippen MR) is 133 cm³/mol. The SMILES string of the molecule is OC[C@@H](O)C[C@@H](O)[C@H](O)[C@H](O)CN(CCOc1cccc(CS)c1)C[C@@H](O)[C@@H](O)C=C(O)[C@H](O)CO. The van der Waals surface area contributed by atoms with E-state index in [-0.39, 0.29) is 32.7 Å². The molecule has 36 heavy (non-hydrogen) atoms. The number of benzene rings is 1. The number of aliphatic hydroxyl groups excluding tert-OH is 10. The first-order valence-electron chi connectivity index (χ1n) is 11.5. The molecule has 0 saturated carbocycles. The van der Waals surface area contributed by atoms with Crippen molar-refractivity contribution in [2.75, 3.05) is 39.5 Å². The molecule has 0 bridgehead atoms. The van der Waals surface area contributed by atoms with Gasteiger partial charge in [-0.15, -0.1) is 0 Å². The van der Waals surface area contributed by atoms with E-state index in [0.29, 0.717) is 11.5 Å². The van der Waals surface area contributed by atoms with Gasteiger partial charge in [0.05, 0.1) is 37.6 Å². The van der Waals surface area contributed by atoms with Crippen LogP contribution in [-0.2, 0) is 5.75 Å². The zero-order valence-electron chi connectivity index (χ0n) is 19.9. The van der Waals surface area contributed by atoms with Gasteiger partial charge in [-0.3, -0.25) is 4.90 Å². The Morgan fingerprint density at radius 1 is 0.944 bits per heavy atom. The van der Waals surface area contributed by atoms with Gasteiger partial charge in [0.25, 0.3) is 0 Å². The normalized spacial score (nSPS) is 18.4. The Hall–Kier alpha value is -1.49. The number of nitrogens with zero attached hydrogens (tertiary/aromatic N) is 1. The summed E-state index contributed by atoms with van der Waals surface area (Å²) < 4.78 is 5.70. The van der Waals surface area contributed by atoms with Crippen molar-refractivity contribution in [2.45, 2.75) is 54.9 Å². The molecule has 0 heterocycles. The molecule has 13 heteroatoms. The maximum absolute atomic E-state index is 10.4. The fourth-order valence-corrected chi connectivity index (χ4v) is 3.46. The van der Waals surface area contributed by atoms with Crippen LogP contribution in [0.25, 0.3) is 0 Å². The van der Waals surface area contributed by atoms with E-state index < -0.39 is 61.7 Å². The minimum atomic E-state index is -1.69. The largest absolute Gasteiger partial charge is 0.510 e. The lowest BCUT2D eigenvalue weighted by molar-refractivity contribution is -0.0888. The molecule has 1 aromatic rings. The second-order valence-corrected chi connectivity index (χ2v) is 8.78. The van der Waals surface area contributed by atoms with Crippen molar-refractivity contribution >= 4 is 12.6 Å². The summed E-state index contributed by atoms with van der Waals surface area (Å²) in [6, 6.07) is 7.19. The summed E-state index contributed by atoms with van der Waals surface area (Å²) in [5.41, 5.74) is 0.931. The van der Waals surface area contributed by atoms with E-state index in [0.717, 1.165) is 11.6 Å². The minimum Gasteiger partial charge on any atom is -0.510 e. The molecular weight excluding hydrogens is 498 g/mol. The minimum absolute atomic E-state index is 0.0811. The summed E-state index contributed by atoms with van der Waals surface area (Å²) in [7, 11) is 0.